The van der Waals surface area contributed by atoms with E-state index in [9.17, 15) is 4.79 Å². The second-order valence-electron chi connectivity index (χ2n) is 8.32. The maximum Gasteiger partial charge on any atom is 0.223 e. The van der Waals surface area contributed by atoms with Crippen molar-refractivity contribution in [3.8, 4) is 5.82 Å². The Hall–Kier alpha value is -2.95. The summed E-state index contributed by atoms with van der Waals surface area (Å²) in [5.74, 6) is 2.99. The zero-order valence-electron chi connectivity index (χ0n) is 19.6. The predicted molar refractivity (Wildman–Crippen MR) is 145 cm³/mol. The molecule has 1 amide bonds. The molecule has 3 heterocycles. The Labute approximate surface area is 217 Å². The van der Waals surface area contributed by atoms with E-state index in [0.717, 1.165) is 42.7 Å². The van der Waals surface area contributed by atoms with E-state index in [1.165, 1.54) is 5.56 Å². The van der Waals surface area contributed by atoms with Crippen LogP contribution in [0.1, 0.15) is 23.4 Å². The number of benzene rings is 1. The van der Waals surface area contributed by atoms with Gasteiger partial charge in [-0.1, -0.05) is 36.4 Å². The van der Waals surface area contributed by atoms with Gasteiger partial charge in [0.15, 0.2) is 5.96 Å². The number of halogens is 1. The Balaban J connectivity index is 0.00000324. The number of guanidine groups is 1. The lowest BCUT2D eigenvalue weighted by Gasteiger charge is -2.18. The number of carbonyl (C=O) groups excluding carboxylic acids is 1. The highest BCUT2D eigenvalue weighted by atomic mass is 127. The van der Waals surface area contributed by atoms with Crippen LogP contribution in [0, 0.1) is 12.8 Å². The van der Waals surface area contributed by atoms with Crippen molar-refractivity contribution in [1.82, 2.24) is 30.1 Å². The molecule has 9 heteroatoms. The largest absolute Gasteiger partial charge is 0.356 e. The number of nitrogens with one attached hydrogen (secondary N) is 2. The van der Waals surface area contributed by atoms with Crippen LogP contribution >= 0.6 is 24.0 Å². The molecule has 1 fully saturated rings. The van der Waals surface area contributed by atoms with Crippen molar-refractivity contribution in [1.29, 1.82) is 0 Å². The number of imidazole rings is 1. The van der Waals surface area contributed by atoms with Crippen LogP contribution in [0.2, 0.25) is 0 Å². The van der Waals surface area contributed by atoms with E-state index < -0.39 is 0 Å². The van der Waals surface area contributed by atoms with Gasteiger partial charge in [-0.05, 0) is 30.5 Å². The van der Waals surface area contributed by atoms with Crippen molar-refractivity contribution < 1.29 is 4.79 Å². The molecule has 0 saturated carbocycles. The van der Waals surface area contributed by atoms with E-state index >= 15 is 0 Å². The van der Waals surface area contributed by atoms with Gasteiger partial charge in [-0.2, -0.15) is 0 Å². The molecule has 0 spiro atoms. The molecule has 0 bridgehead atoms. The van der Waals surface area contributed by atoms with E-state index in [1.54, 1.807) is 13.2 Å². The first-order valence-corrected chi connectivity index (χ1v) is 11.3. The number of hydrogen-bond acceptors (Lipinski definition) is 4. The molecule has 34 heavy (non-hydrogen) atoms. The van der Waals surface area contributed by atoms with Crippen LogP contribution in [0.25, 0.3) is 5.82 Å². The highest BCUT2D eigenvalue weighted by molar-refractivity contribution is 14.0. The molecule has 0 aliphatic carbocycles. The van der Waals surface area contributed by atoms with Crippen LogP contribution in [0.4, 0.5) is 0 Å². The lowest BCUT2D eigenvalue weighted by Crippen LogP contribution is -2.40. The summed E-state index contributed by atoms with van der Waals surface area (Å²) >= 11 is 0. The Morgan fingerprint density at radius 3 is 2.62 bits per heavy atom. The molecular formula is C25H32IN7O. The van der Waals surface area contributed by atoms with E-state index in [0.29, 0.717) is 19.5 Å². The quantitative estimate of drug-likeness (QED) is 0.246. The van der Waals surface area contributed by atoms with Gasteiger partial charge >= 0.3 is 0 Å². The van der Waals surface area contributed by atoms with E-state index in [1.807, 2.05) is 59.1 Å². The molecule has 2 aromatic heterocycles. The van der Waals surface area contributed by atoms with Gasteiger partial charge in [-0.25, -0.2) is 9.97 Å². The summed E-state index contributed by atoms with van der Waals surface area (Å²) in [4.78, 5) is 27.5. The first-order chi connectivity index (χ1) is 16.1. The topological polar surface area (TPSA) is 87.4 Å². The van der Waals surface area contributed by atoms with Gasteiger partial charge in [0.2, 0.25) is 5.91 Å². The average Bonchev–Trinajstić information content (AvgIpc) is 3.43. The van der Waals surface area contributed by atoms with Crippen LogP contribution < -0.4 is 10.6 Å². The number of nitrogens with zero attached hydrogens (tertiary/aromatic N) is 5. The molecule has 1 atom stereocenters. The summed E-state index contributed by atoms with van der Waals surface area (Å²) in [7, 11) is 1.75. The molecule has 0 radical (unpaired) electrons. The van der Waals surface area contributed by atoms with Crippen molar-refractivity contribution in [2.45, 2.75) is 26.3 Å². The van der Waals surface area contributed by atoms with Crippen LogP contribution in [-0.4, -0.2) is 58.0 Å². The van der Waals surface area contributed by atoms with Crippen molar-refractivity contribution >= 4 is 35.8 Å². The fourth-order valence-corrected chi connectivity index (χ4v) is 4.05. The van der Waals surface area contributed by atoms with Crippen molar-refractivity contribution in [2.24, 2.45) is 10.9 Å². The molecule has 2 N–H and O–H groups in total. The summed E-state index contributed by atoms with van der Waals surface area (Å²) in [5, 5.41) is 6.69. The third kappa shape index (κ3) is 6.78. The van der Waals surface area contributed by atoms with Gasteiger partial charge in [0.05, 0.1) is 0 Å². The SMILES string of the molecule is CN=C(NCc1ccc(-n2ccnc2C)nc1)NCC1CC(=O)N(CCc2ccccc2)C1.I. The number of hydrogen-bond donors (Lipinski definition) is 2. The second kappa shape index (κ2) is 12.5. The molecule has 4 rings (SSSR count). The molecular weight excluding hydrogens is 541 g/mol. The average molecular weight is 573 g/mol. The number of amides is 1. The van der Waals surface area contributed by atoms with Crippen LogP contribution in [0.15, 0.2) is 66.0 Å². The molecule has 8 nitrogen and oxygen atoms in total. The maximum absolute atomic E-state index is 12.4. The lowest BCUT2D eigenvalue weighted by atomic mass is 10.1. The Morgan fingerprint density at radius 2 is 1.94 bits per heavy atom. The molecule has 1 aliphatic heterocycles. The lowest BCUT2D eigenvalue weighted by molar-refractivity contribution is -0.127. The molecule has 1 unspecified atom stereocenters. The first-order valence-electron chi connectivity index (χ1n) is 11.3. The van der Waals surface area contributed by atoms with Crippen molar-refractivity contribution in [2.75, 3.05) is 26.7 Å². The van der Waals surface area contributed by atoms with Gasteiger partial charge in [-0.15, -0.1) is 24.0 Å². The number of carbonyl (C=O) groups is 1. The fraction of sp³-hybridized carbons (Fsp3) is 0.360. The first kappa shape index (κ1) is 25.7. The number of likely N-dealkylation sites (tertiary alicyclic amines) is 1. The third-order valence-corrected chi connectivity index (χ3v) is 5.93. The highest BCUT2D eigenvalue weighted by Gasteiger charge is 2.29. The van der Waals surface area contributed by atoms with Crippen molar-refractivity contribution in [3.63, 3.8) is 0 Å². The van der Waals surface area contributed by atoms with Gasteiger partial charge < -0.3 is 15.5 Å². The van der Waals surface area contributed by atoms with Gasteiger partial charge in [0, 0.05) is 64.2 Å². The summed E-state index contributed by atoms with van der Waals surface area (Å²) in [6.07, 6.45) is 7.00. The Bertz CT molecular complexity index is 1080. The molecule has 1 aromatic carbocycles. The minimum atomic E-state index is 0. The molecule has 3 aromatic rings. The van der Waals surface area contributed by atoms with Gasteiger partial charge in [-0.3, -0.25) is 14.4 Å². The summed E-state index contributed by atoms with van der Waals surface area (Å²) < 4.78 is 1.95. The van der Waals surface area contributed by atoms with Crippen LogP contribution in [0.3, 0.4) is 0 Å². The highest BCUT2D eigenvalue weighted by Crippen LogP contribution is 2.17. The van der Waals surface area contributed by atoms with E-state index in [4.69, 9.17) is 0 Å². The van der Waals surface area contributed by atoms with Gasteiger partial charge in [0.25, 0.3) is 0 Å². The zero-order chi connectivity index (χ0) is 23.0. The number of aryl methyl sites for hydroxylation is 1. The normalized spacial score (nSPS) is 15.8. The predicted octanol–water partition coefficient (Wildman–Crippen LogP) is 2.95. The Kier molecular flexibility index (Phi) is 9.43. The number of rotatable bonds is 8. The summed E-state index contributed by atoms with van der Waals surface area (Å²) in [5.41, 5.74) is 2.32. The van der Waals surface area contributed by atoms with E-state index in [-0.39, 0.29) is 35.8 Å². The Morgan fingerprint density at radius 1 is 1.12 bits per heavy atom. The standard InChI is InChI=1S/C25H31N7O.HI/c1-19-27-11-13-32(19)23-9-8-21(15-28-23)16-29-25(26-2)30-17-22-14-24(33)31(18-22)12-10-20-6-4-3-5-7-20;/h3-9,11,13,15,22H,10,12,14,16-18H2,1-2H3,(H2,26,29,30);1H. The smallest absolute Gasteiger partial charge is 0.223 e. The minimum Gasteiger partial charge on any atom is -0.356 e. The number of pyridine rings is 1. The maximum atomic E-state index is 12.4. The van der Waals surface area contributed by atoms with Crippen molar-refractivity contribution in [3.05, 3.63) is 78.0 Å². The molecule has 180 valence electrons. The van der Waals surface area contributed by atoms with Gasteiger partial charge in [0.1, 0.15) is 11.6 Å². The monoisotopic (exact) mass is 573 g/mol. The van der Waals surface area contributed by atoms with E-state index in [2.05, 4.69) is 37.7 Å². The second-order valence-corrected chi connectivity index (χ2v) is 8.32. The number of aromatic nitrogens is 3. The molecule has 1 saturated heterocycles. The summed E-state index contributed by atoms with van der Waals surface area (Å²) in [6, 6.07) is 14.3. The summed E-state index contributed by atoms with van der Waals surface area (Å²) in [6.45, 7) is 4.84. The minimum absolute atomic E-state index is 0. The molecule has 1 aliphatic rings. The zero-order valence-corrected chi connectivity index (χ0v) is 22.0. The third-order valence-electron chi connectivity index (χ3n) is 5.93. The van der Waals surface area contributed by atoms with Crippen LogP contribution in [-0.2, 0) is 17.8 Å². The number of aliphatic imine (C=N–C) groups is 1. The van der Waals surface area contributed by atoms with Crippen LogP contribution in [0.5, 0.6) is 0 Å². The fourth-order valence-electron chi connectivity index (χ4n) is 4.05.